The molecule has 0 radical (unpaired) electrons. The number of nitrogens with two attached hydrogens (primary N) is 1. The number of fused-ring (bicyclic) bond motifs is 1. The lowest BCUT2D eigenvalue weighted by atomic mass is 9.92. The summed E-state index contributed by atoms with van der Waals surface area (Å²) in [6.45, 7) is 12.8. The van der Waals surface area contributed by atoms with Gasteiger partial charge in [0.05, 0.1) is 169 Å². The van der Waals surface area contributed by atoms with Gasteiger partial charge in [-0.25, -0.2) is 18.6 Å². The van der Waals surface area contributed by atoms with Crippen molar-refractivity contribution in [2.24, 2.45) is 16.6 Å². The van der Waals surface area contributed by atoms with Crippen LogP contribution >= 0.6 is 11.3 Å². The van der Waals surface area contributed by atoms with Gasteiger partial charge in [0, 0.05) is 55.7 Å². The molecule has 0 spiro atoms. The van der Waals surface area contributed by atoms with Crippen LogP contribution in [0.4, 0.5) is 28.0 Å². The number of aliphatic imine (C=N–C) groups is 1. The first-order chi connectivity index (χ1) is 41.9. The molecular weight excluding hydrogens is 1160 g/mol. The zero-order valence-corrected chi connectivity index (χ0v) is 50.6. The van der Waals surface area contributed by atoms with Crippen LogP contribution in [0.15, 0.2) is 22.7 Å². The van der Waals surface area contributed by atoms with Crippen molar-refractivity contribution in [1.29, 1.82) is 0 Å². The topological polar surface area (TPSA) is 245 Å². The lowest BCUT2D eigenvalue weighted by Crippen LogP contribution is -2.39. The maximum Gasteiger partial charge on any atom is 0.407 e. The van der Waals surface area contributed by atoms with Crippen molar-refractivity contribution in [1.82, 2.24) is 15.1 Å². The van der Waals surface area contributed by atoms with Crippen molar-refractivity contribution in [2.45, 2.75) is 90.1 Å². The lowest BCUT2D eigenvalue weighted by molar-refractivity contribution is -0.136. The number of amidine groups is 1. The number of thiophene rings is 1. The molecule has 0 bridgehead atoms. The van der Waals surface area contributed by atoms with Crippen molar-refractivity contribution in [3.05, 3.63) is 50.7 Å². The molecular formula is C59H89F4N5O17S. The molecule has 5 rings (SSSR count). The Hall–Kier alpha value is -4.91. The average Bonchev–Trinajstić information content (AvgIpc) is 2.30. The summed E-state index contributed by atoms with van der Waals surface area (Å²) in [5.74, 6) is -8.54. The molecule has 2 aliphatic heterocycles. The van der Waals surface area contributed by atoms with E-state index in [0.29, 0.717) is 169 Å². The number of ether oxygens (including phenoxy) is 13. The summed E-state index contributed by atoms with van der Waals surface area (Å²) in [4.78, 5) is 61.1. The normalized spacial score (nSPS) is 14.5. The van der Waals surface area contributed by atoms with Crippen LogP contribution in [0.5, 0.6) is 5.75 Å². The number of nitrogens with one attached hydrogen (secondary N) is 1. The predicted molar refractivity (Wildman–Crippen MR) is 310 cm³/mol. The number of hydrogen-bond acceptors (Lipinski definition) is 20. The molecule has 3 amide bonds. The quantitative estimate of drug-likeness (QED) is 0.0229. The number of piperidine rings is 1. The third-order valence-corrected chi connectivity index (χ3v) is 14.8. The van der Waals surface area contributed by atoms with E-state index < -0.39 is 47.5 Å². The van der Waals surface area contributed by atoms with E-state index in [-0.39, 0.29) is 56.8 Å². The minimum Gasteiger partial charge on any atom is -0.446 e. The lowest BCUT2D eigenvalue weighted by Gasteiger charge is -2.32. The minimum absolute atomic E-state index is 0.0159. The first-order valence-electron chi connectivity index (χ1n) is 30.0. The Morgan fingerprint density at radius 2 is 1.13 bits per heavy atom. The Labute approximate surface area is 505 Å². The van der Waals surface area contributed by atoms with Crippen LogP contribution in [0.3, 0.4) is 0 Å². The molecule has 1 aromatic carbocycles. The number of aryl methyl sites for hydroxylation is 1. The van der Waals surface area contributed by atoms with E-state index in [1.165, 1.54) is 4.88 Å². The number of benzene rings is 1. The number of amides is 3. The first-order valence-corrected chi connectivity index (χ1v) is 30.8. The largest absolute Gasteiger partial charge is 0.446 e. The van der Waals surface area contributed by atoms with Gasteiger partial charge in [0.1, 0.15) is 11.9 Å². The monoisotopic (exact) mass is 1250 g/mol. The Kier molecular flexibility index (Phi) is 36.5. The summed E-state index contributed by atoms with van der Waals surface area (Å²) in [6, 6.07) is 2.11. The molecule has 3 N–H and O–H groups in total. The molecule has 0 atom stereocenters. The molecule has 22 nitrogen and oxygen atoms in total. The average molecular weight is 1250 g/mol. The fourth-order valence-corrected chi connectivity index (χ4v) is 9.91. The highest BCUT2D eigenvalue weighted by Crippen LogP contribution is 2.37. The Morgan fingerprint density at radius 3 is 1.59 bits per heavy atom. The van der Waals surface area contributed by atoms with Crippen LogP contribution in [0.25, 0.3) is 6.08 Å². The van der Waals surface area contributed by atoms with Crippen molar-refractivity contribution in [2.75, 3.05) is 178 Å². The molecule has 1 aliphatic carbocycles. The summed E-state index contributed by atoms with van der Waals surface area (Å²) >= 11 is 1.66. The highest BCUT2D eigenvalue weighted by Gasteiger charge is 2.27. The predicted octanol–water partition coefficient (Wildman–Crippen LogP) is 6.73. The molecule has 2 aromatic rings. The molecule has 3 aliphatic rings. The van der Waals surface area contributed by atoms with Gasteiger partial charge in [0.25, 0.3) is 0 Å². The van der Waals surface area contributed by atoms with Gasteiger partial charge in [-0.2, -0.15) is 8.78 Å². The Balaban J connectivity index is 0.722. The smallest absolute Gasteiger partial charge is 0.407 e. The number of esters is 1. The van der Waals surface area contributed by atoms with Gasteiger partial charge < -0.3 is 82.4 Å². The SMILES string of the molecule is CCCN(CCCNC(=O)OC1CCC1)C(=O)C1=Cc2sc(CCC3CCN(C(=O)CCOCCOCCOCCOCCOCCOCCOCCOCCOCCOCCOCCC(=O)Oc4c(F)c(F)cc(F)c4F)CC3)cc2N=C(N)C1. The van der Waals surface area contributed by atoms with Gasteiger partial charge in [-0.1, -0.05) is 6.92 Å². The van der Waals surface area contributed by atoms with E-state index in [1.807, 2.05) is 22.8 Å². The van der Waals surface area contributed by atoms with Crippen LogP contribution in [0.1, 0.15) is 87.3 Å². The molecule has 486 valence electrons. The molecule has 27 heteroatoms. The van der Waals surface area contributed by atoms with E-state index in [0.717, 1.165) is 75.0 Å². The number of likely N-dealkylation sites (tertiary alicyclic amines) is 1. The van der Waals surface area contributed by atoms with E-state index in [1.54, 1.807) is 11.3 Å². The fourth-order valence-electron chi connectivity index (χ4n) is 8.82. The van der Waals surface area contributed by atoms with Crippen LogP contribution in [0, 0.1) is 29.2 Å². The van der Waals surface area contributed by atoms with Gasteiger partial charge in [0.2, 0.25) is 29.2 Å². The van der Waals surface area contributed by atoms with Crippen molar-refractivity contribution in [3.63, 3.8) is 0 Å². The second-order valence-corrected chi connectivity index (χ2v) is 21.5. The number of nitrogens with zero attached hydrogens (tertiary/aromatic N) is 3. The summed E-state index contributed by atoms with van der Waals surface area (Å²) in [5, 5.41) is 2.81. The maximum absolute atomic E-state index is 13.8. The molecule has 86 heavy (non-hydrogen) atoms. The summed E-state index contributed by atoms with van der Waals surface area (Å²) in [7, 11) is 0. The van der Waals surface area contributed by atoms with Crippen molar-refractivity contribution < 1.29 is 98.3 Å². The number of rotatable bonds is 48. The molecule has 0 unspecified atom stereocenters. The van der Waals surface area contributed by atoms with Gasteiger partial charge >= 0.3 is 12.1 Å². The molecule has 1 aromatic heterocycles. The zero-order valence-electron chi connectivity index (χ0n) is 49.7. The van der Waals surface area contributed by atoms with E-state index >= 15 is 0 Å². The van der Waals surface area contributed by atoms with E-state index in [9.17, 15) is 36.7 Å². The Bertz CT molecular complexity index is 2320. The number of hydrogen-bond donors (Lipinski definition) is 2. The second kappa shape index (κ2) is 43.7. The first kappa shape index (κ1) is 71.8. The van der Waals surface area contributed by atoms with Crippen molar-refractivity contribution in [3.8, 4) is 5.75 Å². The minimum atomic E-state index is -1.80. The van der Waals surface area contributed by atoms with Gasteiger partial charge in [-0.05, 0) is 75.8 Å². The highest BCUT2D eigenvalue weighted by atomic mass is 32.1. The van der Waals surface area contributed by atoms with Crippen LogP contribution in [0.2, 0.25) is 0 Å². The van der Waals surface area contributed by atoms with E-state index in [2.05, 4.69) is 21.1 Å². The fraction of sp³-hybridized carbons (Fsp3) is 0.712. The summed E-state index contributed by atoms with van der Waals surface area (Å²) in [6.07, 6.45) is 10.0. The van der Waals surface area contributed by atoms with Crippen LogP contribution in [-0.2, 0) is 77.6 Å². The van der Waals surface area contributed by atoms with Gasteiger partial charge in [0.15, 0.2) is 11.6 Å². The summed E-state index contributed by atoms with van der Waals surface area (Å²) in [5.41, 5.74) is 7.77. The third-order valence-electron chi connectivity index (χ3n) is 13.7. The Morgan fingerprint density at radius 1 is 0.651 bits per heavy atom. The van der Waals surface area contributed by atoms with Crippen LogP contribution < -0.4 is 15.8 Å². The second-order valence-electron chi connectivity index (χ2n) is 20.3. The van der Waals surface area contributed by atoms with E-state index in [4.69, 9.17) is 62.6 Å². The zero-order chi connectivity index (χ0) is 61.4. The number of carbonyl (C=O) groups is 4. The van der Waals surface area contributed by atoms with Gasteiger partial charge in [-0.3, -0.25) is 14.4 Å². The third kappa shape index (κ3) is 29.4. The van der Waals surface area contributed by atoms with Crippen molar-refractivity contribution >= 4 is 52.8 Å². The molecule has 3 heterocycles. The number of alkyl carbamates (subject to hydrolysis) is 1. The maximum atomic E-state index is 13.8. The molecule has 1 saturated carbocycles. The standard InChI is InChI=1S/C59H89F4N5O17S/c1-2-14-68(15-4-13-65-59(72)84-46-5-3-6-46)58(71)45-40-51-50(66-52(64)41-45)42-47(86-51)8-7-44-9-16-67(17-10-44)53(69)11-18-73-20-22-75-24-26-77-28-30-79-32-34-81-36-38-83-39-37-82-35-33-80-31-29-78-27-25-76-23-21-74-19-12-54(70)85-57-55(62)48(60)43-49(61)56(57)63/h40,42-44,46H,2-39,41H2,1H3,(H2,64,66)(H,65,72). The highest BCUT2D eigenvalue weighted by molar-refractivity contribution is 7.13. The van der Waals surface area contributed by atoms with Crippen LogP contribution in [-0.4, -0.2) is 224 Å². The summed E-state index contributed by atoms with van der Waals surface area (Å²) < 4.78 is 124. The van der Waals surface area contributed by atoms with Gasteiger partial charge in [-0.15, -0.1) is 11.3 Å². The number of carbonyl (C=O) groups excluding carboxylic acids is 4. The molecule has 1 saturated heterocycles. The number of halogens is 4. The molecule has 2 fully saturated rings.